The minimum Gasteiger partial charge on any atom is -0.448 e. The van der Waals surface area contributed by atoms with E-state index in [4.69, 9.17) is 4.42 Å². The molecule has 7 heteroatoms. The monoisotopic (exact) mass is 380 g/mol. The first kappa shape index (κ1) is 19.5. The Morgan fingerprint density at radius 3 is 2.85 bits per heavy atom. The normalized spacial score (nSPS) is 17.9. The van der Waals surface area contributed by atoms with Crippen LogP contribution in [0.25, 0.3) is 0 Å². The zero-order valence-corrected chi connectivity index (χ0v) is 15.3. The average Bonchev–Trinajstić information content (AvgIpc) is 3.14. The van der Waals surface area contributed by atoms with E-state index in [0.29, 0.717) is 49.4 Å². The molecule has 2 heterocycles. The molecular weight excluding hydrogens is 357 g/mol. The number of benzene rings is 1. The summed E-state index contributed by atoms with van der Waals surface area (Å²) in [6.07, 6.45) is 0.264. The van der Waals surface area contributed by atoms with E-state index in [0.717, 1.165) is 18.9 Å². The maximum atomic E-state index is 13.1. The third kappa shape index (κ3) is 4.51. The fraction of sp³-hybridized carbons (Fsp3) is 0.500. The number of hydrogen-bond acceptors (Lipinski definition) is 3. The van der Waals surface area contributed by atoms with Crippen molar-refractivity contribution in [2.45, 2.75) is 45.2 Å². The molecule has 2 aromatic rings. The number of aromatic nitrogens is 1. The smallest absolute Gasteiger partial charge is 0.416 e. The van der Waals surface area contributed by atoms with Gasteiger partial charge in [0.2, 0.25) is 0 Å². The number of amides is 1. The Kier molecular flexibility index (Phi) is 5.87. The van der Waals surface area contributed by atoms with E-state index in [9.17, 15) is 18.0 Å². The van der Waals surface area contributed by atoms with Gasteiger partial charge < -0.3 is 9.32 Å². The van der Waals surface area contributed by atoms with E-state index in [-0.39, 0.29) is 11.8 Å². The van der Waals surface area contributed by atoms with Crippen molar-refractivity contribution in [3.63, 3.8) is 0 Å². The summed E-state index contributed by atoms with van der Waals surface area (Å²) in [5.74, 6) is 0.600. The van der Waals surface area contributed by atoms with Gasteiger partial charge in [0.1, 0.15) is 5.76 Å². The van der Waals surface area contributed by atoms with Gasteiger partial charge in [0.05, 0.1) is 5.56 Å². The Bertz CT molecular complexity index is 786. The lowest BCUT2D eigenvalue weighted by atomic mass is 9.90. The maximum Gasteiger partial charge on any atom is 0.416 e. The Morgan fingerprint density at radius 2 is 2.11 bits per heavy atom. The quantitative estimate of drug-likeness (QED) is 0.753. The first-order chi connectivity index (χ1) is 12.9. The number of aryl methyl sites for hydroxylation is 2. The van der Waals surface area contributed by atoms with Crippen LogP contribution in [-0.2, 0) is 19.0 Å². The van der Waals surface area contributed by atoms with Crippen LogP contribution in [0.5, 0.6) is 0 Å². The Morgan fingerprint density at radius 1 is 1.33 bits per heavy atom. The number of alkyl halides is 3. The van der Waals surface area contributed by atoms with Crippen molar-refractivity contribution in [1.29, 1.82) is 0 Å². The molecule has 0 radical (unpaired) electrons. The van der Waals surface area contributed by atoms with E-state index in [1.54, 1.807) is 11.0 Å². The number of halogens is 3. The topological polar surface area (TPSA) is 46.3 Å². The third-order valence-electron chi connectivity index (χ3n) is 5.12. The minimum atomic E-state index is -4.34. The molecule has 146 valence electrons. The highest BCUT2D eigenvalue weighted by atomic mass is 19.4. The number of piperidine rings is 1. The highest BCUT2D eigenvalue weighted by molar-refractivity contribution is 5.93. The van der Waals surface area contributed by atoms with Crippen LogP contribution < -0.4 is 0 Å². The SMILES string of the molecule is CCc1ocnc1C(=O)N1CCCC(CCc2ccccc2C(F)(F)F)C1. The second-order valence-electron chi connectivity index (χ2n) is 6.93. The number of carbonyl (C=O) groups excluding carboxylic acids is 1. The van der Waals surface area contributed by atoms with Gasteiger partial charge >= 0.3 is 6.18 Å². The van der Waals surface area contributed by atoms with Gasteiger partial charge in [0, 0.05) is 19.5 Å². The fourth-order valence-corrected chi connectivity index (χ4v) is 3.71. The predicted molar refractivity (Wildman–Crippen MR) is 94.3 cm³/mol. The summed E-state index contributed by atoms with van der Waals surface area (Å²) in [5, 5.41) is 0. The van der Waals surface area contributed by atoms with Crippen LogP contribution in [0.1, 0.15) is 53.6 Å². The highest BCUT2D eigenvalue weighted by Crippen LogP contribution is 2.33. The minimum absolute atomic E-state index is 0.152. The molecule has 0 N–H and O–H groups in total. The van der Waals surface area contributed by atoms with E-state index in [1.165, 1.54) is 18.5 Å². The first-order valence-corrected chi connectivity index (χ1v) is 9.27. The van der Waals surface area contributed by atoms with Gasteiger partial charge in [0.25, 0.3) is 5.91 Å². The molecular formula is C20H23F3N2O2. The van der Waals surface area contributed by atoms with E-state index in [2.05, 4.69) is 4.98 Å². The lowest BCUT2D eigenvalue weighted by Crippen LogP contribution is -2.40. The third-order valence-corrected chi connectivity index (χ3v) is 5.12. The van der Waals surface area contributed by atoms with Gasteiger partial charge in [0.15, 0.2) is 12.1 Å². The summed E-state index contributed by atoms with van der Waals surface area (Å²) in [5.41, 5.74) is 0.0997. The largest absolute Gasteiger partial charge is 0.448 e. The standard InChI is InChI=1S/C20H23F3N2O2/c1-2-17-18(24-13-27-17)19(26)25-11-5-6-14(12-25)9-10-15-7-3-4-8-16(15)20(21,22)23/h3-4,7-8,13-14H,2,5-6,9-12H2,1H3. The van der Waals surface area contributed by atoms with Gasteiger partial charge in [-0.3, -0.25) is 4.79 Å². The number of carbonyl (C=O) groups is 1. The van der Waals surface area contributed by atoms with Crippen molar-refractivity contribution in [1.82, 2.24) is 9.88 Å². The molecule has 1 saturated heterocycles. The zero-order chi connectivity index (χ0) is 19.4. The summed E-state index contributed by atoms with van der Waals surface area (Å²) >= 11 is 0. The molecule has 1 aromatic carbocycles. The van der Waals surface area contributed by atoms with Crippen LogP contribution in [0.4, 0.5) is 13.2 Å². The van der Waals surface area contributed by atoms with E-state index in [1.807, 2.05) is 6.92 Å². The highest BCUT2D eigenvalue weighted by Gasteiger charge is 2.33. The lowest BCUT2D eigenvalue weighted by Gasteiger charge is -2.32. The van der Waals surface area contributed by atoms with Crippen molar-refractivity contribution < 1.29 is 22.4 Å². The van der Waals surface area contributed by atoms with Gasteiger partial charge in [-0.2, -0.15) is 13.2 Å². The summed E-state index contributed by atoms with van der Waals surface area (Å²) in [7, 11) is 0. The molecule has 1 aliphatic heterocycles. The summed E-state index contributed by atoms with van der Waals surface area (Å²) in [6.45, 7) is 3.09. The summed E-state index contributed by atoms with van der Waals surface area (Å²) in [4.78, 5) is 18.5. The second kappa shape index (κ2) is 8.15. The Labute approximate surface area is 156 Å². The summed E-state index contributed by atoms with van der Waals surface area (Å²) in [6, 6.07) is 5.72. The molecule has 0 bridgehead atoms. The number of hydrogen-bond donors (Lipinski definition) is 0. The van der Waals surface area contributed by atoms with Crippen molar-refractivity contribution in [2.75, 3.05) is 13.1 Å². The van der Waals surface area contributed by atoms with Gasteiger partial charge in [-0.15, -0.1) is 0 Å². The first-order valence-electron chi connectivity index (χ1n) is 9.27. The van der Waals surface area contributed by atoms with Crippen LogP contribution in [0, 0.1) is 5.92 Å². The molecule has 1 amide bonds. The predicted octanol–water partition coefficient (Wildman–Crippen LogP) is 4.74. The number of likely N-dealkylation sites (tertiary alicyclic amines) is 1. The molecule has 1 atom stereocenters. The molecule has 1 fully saturated rings. The summed E-state index contributed by atoms with van der Waals surface area (Å²) < 4.78 is 44.7. The van der Waals surface area contributed by atoms with Crippen molar-refractivity contribution >= 4 is 5.91 Å². The van der Waals surface area contributed by atoms with Crippen molar-refractivity contribution in [3.05, 3.63) is 53.2 Å². The zero-order valence-electron chi connectivity index (χ0n) is 15.3. The molecule has 27 heavy (non-hydrogen) atoms. The molecule has 1 unspecified atom stereocenters. The van der Waals surface area contributed by atoms with Crippen molar-refractivity contribution in [2.24, 2.45) is 5.92 Å². The molecule has 1 aliphatic rings. The maximum absolute atomic E-state index is 13.1. The van der Waals surface area contributed by atoms with Crippen LogP contribution in [0.3, 0.4) is 0 Å². The van der Waals surface area contributed by atoms with Crippen LogP contribution in [0.15, 0.2) is 35.1 Å². The molecule has 0 aliphatic carbocycles. The molecule has 4 nitrogen and oxygen atoms in total. The molecule has 0 spiro atoms. The van der Waals surface area contributed by atoms with Gasteiger partial charge in [-0.05, 0) is 43.2 Å². The van der Waals surface area contributed by atoms with Crippen LogP contribution >= 0.6 is 0 Å². The van der Waals surface area contributed by atoms with Crippen molar-refractivity contribution in [3.8, 4) is 0 Å². The van der Waals surface area contributed by atoms with E-state index >= 15 is 0 Å². The second-order valence-corrected chi connectivity index (χ2v) is 6.93. The average molecular weight is 380 g/mol. The Hall–Kier alpha value is -2.31. The number of rotatable bonds is 5. The molecule has 0 saturated carbocycles. The van der Waals surface area contributed by atoms with Crippen LogP contribution in [0.2, 0.25) is 0 Å². The lowest BCUT2D eigenvalue weighted by molar-refractivity contribution is -0.138. The van der Waals surface area contributed by atoms with Gasteiger partial charge in [-0.25, -0.2) is 4.98 Å². The van der Waals surface area contributed by atoms with Gasteiger partial charge in [-0.1, -0.05) is 25.1 Å². The Balaban J connectivity index is 1.64. The van der Waals surface area contributed by atoms with E-state index < -0.39 is 11.7 Å². The molecule has 3 rings (SSSR count). The molecule has 1 aromatic heterocycles. The number of oxazole rings is 1. The van der Waals surface area contributed by atoms with Crippen LogP contribution in [-0.4, -0.2) is 28.9 Å². The number of nitrogens with zero attached hydrogens (tertiary/aromatic N) is 2. The fourth-order valence-electron chi connectivity index (χ4n) is 3.71.